The van der Waals surface area contributed by atoms with Gasteiger partial charge in [0.25, 0.3) is 5.56 Å². The maximum absolute atomic E-state index is 12.3. The van der Waals surface area contributed by atoms with E-state index >= 15 is 0 Å². The van der Waals surface area contributed by atoms with E-state index < -0.39 is 0 Å². The summed E-state index contributed by atoms with van der Waals surface area (Å²) < 4.78 is 6.31. The third kappa shape index (κ3) is 4.38. The predicted octanol–water partition coefficient (Wildman–Crippen LogP) is 3.39. The fraction of sp³-hybridized carbons (Fsp3) is 0.125. The van der Waals surface area contributed by atoms with Crippen LogP contribution in [0, 0.1) is 0 Å². The van der Waals surface area contributed by atoms with Gasteiger partial charge in [0, 0.05) is 18.2 Å². The molecular formula is C24H21N3O3. The van der Waals surface area contributed by atoms with Crippen molar-refractivity contribution >= 4 is 16.7 Å². The highest BCUT2D eigenvalue weighted by atomic mass is 16.5. The van der Waals surface area contributed by atoms with Crippen LogP contribution in [0.5, 0.6) is 5.75 Å². The number of fused-ring (bicyclic) bond motifs is 1. The molecule has 4 rings (SSSR count). The number of methoxy groups -OCH3 is 1. The van der Waals surface area contributed by atoms with Crippen molar-refractivity contribution in [1.29, 1.82) is 0 Å². The fourth-order valence-electron chi connectivity index (χ4n) is 3.20. The average Bonchev–Trinajstić information content (AvgIpc) is 2.79. The Morgan fingerprint density at radius 2 is 1.73 bits per heavy atom. The molecule has 30 heavy (non-hydrogen) atoms. The topological polar surface area (TPSA) is 73.2 Å². The minimum atomic E-state index is -0.320. The number of aromatic nitrogens is 2. The molecule has 4 aromatic rings. The largest absolute Gasteiger partial charge is 0.497 e. The van der Waals surface area contributed by atoms with Crippen LogP contribution < -0.4 is 15.6 Å². The highest BCUT2D eigenvalue weighted by molar-refractivity contribution is 5.86. The van der Waals surface area contributed by atoms with Gasteiger partial charge in [0.05, 0.1) is 12.8 Å². The van der Waals surface area contributed by atoms with Crippen molar-refractivity contribution in [2.24, 2.45) is 0 Å². The summed E-state index contributed by atoms with van der Waals surface area (Å²) in [5, 5.41) is 9.43. The third-order valence-electron chi connectivity index (χ3n) is 4.85. The molecule has 0 atom stereocenters. The average molecular weight is 399 g/mol. The molecule has 0 radical (unpaired) electrons. The lowest BCUT2D eigenvalue weighted by Gasteiger charge is -2.09. The van der Waals surface area contributed by atoms with Gasteiger partial charge in [-0.2, -0.15) is 5.10 Å². The summed E-state index contributed by atoms with van der Waals surface area (Å²) in [6.07, 6.45) is 0. The van der Waals surface area contributed by atoms with E-state index in [-0.39, 0.29) is 18.0 Å². The quantitative estimate of drug-likeness (QED) is 0.539. The van der Waals surface area contributed by atoms with Crippen molar-refractivity contribution in [2.45, 2.75) is 13.1 Å². The third-order valence-corrected chi connectivity index (χ3v) is 4.85. The first-order valence-corrected chi connectivity index (χ1v) is 9.59. The number of ether oxygens (including phenoxy) is 1. The monoisotopic (exact) mass is 399 g/mol. The summed E-state index contributed by atoms with van der Waals surface area (Å²) in [7, 11) is 1.60. The van der Waals surface area contributed by atoms with Gasteiger partial charge in [-0.25, -0.2) is 4.68 Å². The summed E-state index contributed by atoms with van der Waals surface area (Å²) in [6.45, 7) is 0.221. The number of amides is 1. The highest BCUT2D eigenvalue weighted by Gasteiger charge is 2.09. The Morgan fingerprint density at radius 1 is 0.967 bits per heavy atom. The molecule has 3 aromatic carbocycles. The first-order valence-electron chi connectivity index (χ1n) is 9.59. The first-order chi connectivity index (χ1) is 14.6. The number of carbonyl (C=O) groups excluding carboxylic acids is 1. The Labute approximate surface area is 173 Å². The molecule has 0 saturated heterocycles. The smallest absolute Gasteiger partial charge is 0.267 e. The van der Waals surface area contributed by atoms with Gasteiger partial charge in [-0.15, -0.1) is 0 Å². The van der Waals surface area contributed by atoms with E-state index in [0.29, 0.717) is 12.2 Å². The van der Waals surface area contributed by atoms with Gasteiger partial charge in [-0.3, -0.25) is 9.59 Å². The van der Waals surface area contributed by atoms with Crippen LogP contribution in [0.25, 0.3) is 22.0 Å². The lowest BCUT2D eigenvalue weighted by molar-refractivity contribution is -0.122. The zero-order chi connectivity index (χ0) is 20.9. The second-order valence-corrected chi connectivity index (χ2v) is 6.90. The number of carbonyl (C=O) groups is 1. The van der Waals surface area contributed by atoms with Gasteiger partial charge in [0.1, 0.15) is 12.3 Å². The SMILES string of the molecule is COc1ccc(CNC(=O)Cn2nc(-c3ccc4ccccc4c3)ccc2=O)cc1. The Bertz CT molecular complexity index is 1250. The lowest BCUT2D eigenvalue weighted by Crippen LogP contribution is -2.33. The van der Waals surface area contributed by atoms with Crippen molar-refractivity contribution in [3.05, 3.63) is 94.8 Å². The summed E-state index contributed by atoms with van der Waals surface area (Å²) >= 11 is 0. The van der Waals surface area contributed by atoms with Gasteiger partial charge >= 0.3 is 0 Å². The Balaban J connectivity index is 1.48. The van der Waals surface area contributed by atoms with E-state index in [1.165, 1.54) is 10.7 Å². The molecule has 0 aliphatic heterocycles. The molecule has 1 aromatic heterocycles. The molecule has 150 valence electrons. The molecular weight excluding hydrogens is 378 g/mol. The standard InChI is InChI=1S/C24H21N3O3/c1-30-21-10-6-17(7-11-21)15-25-23(28)16-27-24(29)13-12-22(26-27)20-9-8-18-4-2-3-5-19(18)14-20/h2-14H,15-16H2,1H3,(H,25,28). The molecule has 0 unspecified atom stereocenters. The van der Waals surface area contributed by atoms with Crippen molar-refractivity contribution in [3.63, 3.8) is 0 Å². The highest BCUT2D eigenvalue weighted by Crippen LogP contribution is 2.22. The molecule has 0 saturated carbocycles. The van der Waals surface area contributed by atoms with E-state index in [1.807, 2.05) is 66.7 Å². The van der Waals surface area contributed by atoms with Crippen molar-refractivity contribution in [1.82, 2.24) is 15.1 Å². The number of hydrogen-bond acceptors (Lipinski definition) is 4. The molecule has 1 amide bonds. The Morgan fingerprint density at radius 3 is 2.50 bits per heavy atom. The zero-order valence-corrected chi connectivity index (χ0v) is 16.5. The molecule has 1 heterocycles. The van der Waals surface area contributed by atoms with Crippen LogP contribution in [0.4, 0.5) is 0 Å². The summed E-state index contributed by atoms with van der Waals surface area (Å²) in [5.41, 5.74) is 2.15. The molecule has 1 N–H and O–H groups in total. The summed E-state index contributed by atoms with van der Waals surface area (Å²) in [5.74, 6) is 0.474. The minimum absolute atomic E-state index is 0.142. The van der Waals surface area contributed by atoms with Crippen LogP contribution >= 0.6 is 0 Å². The number of hydrogen-bond donors (Lipinski definition) is 1. The maximum Gasteiger partial charge on any atom is 0.267 e. The van der Waals surface area contributed by atoms with Crippen LogP contribution in [0.15, 0.2) is 83.7 Å². The van der Waals surface area contributed by atoms with Crippen LogP contribution in [-0.2, 0) is 17.9 Å². The zero-order valence-electron chi connectivity index (χ0n) is 16.5. The van der Waals surface area contributed by atoms with Crippen molar-refractivity contribution in [2.75, 3.05) is 7.11 Å². The Kier molecular flexibility index (Phi) is 5.57. The summed E-state index contributed by atoms with van der Waals surface area (Å²) in [6, 6.07) is 24.6. The Hall–Kier alpha value is -3.93. The van der Waals surface area contributed by atoms with Crippen LogP contribution in [-0.4, -0.2) is 22.8 Å². The van der Waals surface area contributed by atoms with Crippen LogP contribution in [0.3, 0.4) is 0 Å². The lowest BCUT2D eigenvalue weighted by atomic mass is 10.1. The van der Waals surface area contributed by atoms with Crippen LogP contribution in [0.2, 0.25) is 0 Å². The second-order valence-electron chi connectivity index (χ2n) is 6.90. The van der Waals surface area contributed by atoms with Crippen molar-refractivity contribution in [3.8, 4) is 17.0 Å². The second kappa shape index (κ2) is 8.61. The normalized spacial score (nSPS) is 10.7. The molecule has 0 aliphatic rings. The van der Waals surface area contributed by atoms with E-state index in [2.05, 4.69) is 10.4 Å². The molecule has 0 spiro atoms. The fourth-order valence-corrected chi connectivity index (χ4v) is 3.20. The molecule has 6 heteroatoms. The molecule has 6 nitrogen and oxygen atoms in total. The molecule has 0 bridgehead atoms. The summed E-state index contributed by atoms with van der Waals surface area (Å²) in [4.78, 5) is 24.6. The minimum Gasteiger partial charge on any atom is -0.497 e. The number of rotatable bonds is 6. The van der Waals surface area contributed by atoms with E-state index in [0.717, 1.165) is 27.6 Å². The van der Waals surface area contributed by atoms with E-state index in [1.54, 1.807) is 13.2 Å². The van der Waals surface area contributed by atoms with E-state index in [9.17, 15) is 9.59 Å². The van der Waals surface area contributed by atoms with Gasteiger partial charge in [0.15, 0.2) is 0 Å². The van der Waals surface area contributed by atoms with Gasteiger partial charge in [-0.05, 0) is 40.6 Å². The van der Waals surface area contributed by atoms with Gasteiger partial charge in [0.2, 0.25) is 5.91 Å². The van der Waals surface area contributed by atoms with E-state index in [4.69, 9.17) is 4.74 Å². The number of nitrogens with one attached hydrogen (secondary N) is 1. The first kappa shape index (κ1) is 19.4. The number of nitrogens with zero attached hydrogens (tertiary/aromatic N) is 2. The number of benzene rings is 3. The van der Waals surface area contributed by atoms with Gasteiger partial charge < -0.3 is 10.1 Å². The van der Waals surface area contributed by atoms with Crippen molar-refractivity contribution < 1.29 is 9.53 Å². The maximum atomic E-state index is 12.3. The molecule has 0 fully saturated rings. The van der Waals surface area contributed by atoms with Gasteiger partial charge in [-0.1, -0.05) is 48.5 Å². The predicted molar refractivity (Wildman–Crippen MR) is 116 cm³/mol. The molecule has 0 aliphatic carbocycles. The van der Waals surface area contributed by atoms with Crippen LogP contribution in [0.1, 0.15) is 5.56 Å².